The number of rotatable bonds is 0. The minimum atomic E-state index is 0. The summed E-state index contributed by atoms with van der Waals surface area (Å²) >= 11 is 0. The maximum absolute atomic E-state index is 9.44. The first kappa shape index (κ1) is 16.2. The van der Waals surface area contributed by atoms with E-state index in [0.717, 1.165) is 0 Å². The Balaban J connectivity index is -0.0000000450. The molecule has 0 aliphatic heterocycles. The smallest absolute Gasteiger partial charge is 0.126 e. The molecule has 0 saturated heterocycles. The van der Waals surface area contributed by atoms with Gasteiger partial charge in [-0.25, -0.2) is 0 Å². The van der Waals surface area contributed by atoms with Gasteiger partial charge in [0.2, 0.25) is 0 Å². The topological polar surface area (TPSA) is 52.1 Å². The summed E-state index contributed by atoms with van der Waals surface area (Å²) in [5.74, 6) is 0.167. The third-order valence-electron chi connectivity index (χ3n) is 0. The van der Waals surface area contributed by atoms with E-state index in [1.165, 1.54) is 13.8 Å². The standard InChI is InChI=1S/C3H6O.H3N.Ti/c1-3(2)4;;/h1-2H3;1H3;. The van der Waals surface area contributed by atoms with Gasteiger partial charge in [0.1, 0.15) is 5.78 Å². The minimum absolute atomic E-state index is 0. The van der Waals surface area contributed by atoms with E-state index in [2.05, 4.69) is 0 Å². The van der Waals surface area contributed by atoms with Gasteiger partial charge in [0.25, 0.3) is 0 Å². The summed E-state index contributed by atoms with van der Waals surface area (Å²) < 4.78 is 0. The van der Waals surface area contributed by atoms with Crippen molar-refractivity contribution in [3.63, 3.8) is 0 Å². The molecule has 3 heteroatoms. The van der Waals surface area contributed by atoms with Crippen molar-refractivity contribution in [1.82, 2.24) is 6.15 Å². The zero-order valence-corrected chi connectivity index (χ0v) is 5.68. The van der Waals surface area contributed by atoms with Crippen LogP contribution in [0.2, 0.25) is 0 Å². The van der Waals surface area contributed by atoms with E-state index in [-0.39, 0.29) is 33.7 Å². The van der Waals surface area contributed by atoms with Crippen molar-refractivity contribution in [3.05, 3.63) is 0 Å². The Hall–Kier alpha value is 0.344. The SMILES string of the molecule is CC(C)=O.N.[Ti]. The Kier molecular flexibility index (Phi) is 24.4. The molecule has 0 rings (SSSR count). The van der Waals surface area contributed by atoms with E-state index in [9.17, 15) is 4.79 Å². The molecule has 0 aliphatic rings. The molecule has 0 radical (unpaired) electrons. The van der Waals surface area contributed by atoms with Crippen molar-refractivity contribution in [2.24, 2.45) is 0 Å². The second-order valence-electron chi connectivity index (χ2n) is 0.908. The van der Waals surface area contributed by atoms with Crippen molar-refractivity contribution >= 4 is 5.78 Å². The normalized spacial score (nSPS) is 4.33. The predicted molar refractivity (Wildman–Crippen MR) is 21.4 cm³/mol. The molecule has 0 amide bonds. The summed E-state index contributed by atoms with van der Waals surface area (Å²) in [5.41, 5.74) is 0. The van der Waals surface area contributed by atoms with Gasteiger partial charge in [0, 0.05) is 21.7 Å². The Morgan fingerprint density at radius 1 is 1.33 bits per heavy atom. The van der Waals surface area contributed by atoms with Gasteiger partial charge >= 0.3 is 0 Å². The van der Waals surface area contributed by atoms with Crippen LogP contribution in [-0.2, 0) is 26.5 Å². The van der Waals surface area contributed by atoms with Crippen LogP contribution in [0.3, 0.4) is 0 Å². The molecule has 0 spiro atoms. The van der Waals surface area contributed by atoms with E-state index >= 15 is 0 Å². The Labute approximate surface area is 52.8 Å². The molecule has 0 aromatic heterocycles. The monoisotopic (exact) mass is 123 g/mol. The maximum Gasteiger partial charge on any atom is 0.126 e. The average Bonchev–Trinajstić information content (AvgIpc) is 0.811. The minimum Gasteiger partial charge on any atom is -0.344 e. The molecule has 0 saturated carbocycles. The van der Waals surface area contributed by atoms with Gasteiger partial charge in [-0.05, 0) is 13.8 Å². The fraction of sp³-hybridized carbons (Fsp3) is 0.667. The quantitative estimate of drug-likeness (QED) is 0.483. The Bertz CT molecular complexity index is 33.8. The molecule has 0 atom stereocenters. The molecule has 3 N–H and O–H groups in total. The third kappa shape index (κ3) is 410. The average molecular weight is 123 g/mol. The number of carbonyl (C=O) groups excluding carboxylic acids is 1. The van der Waals surface area contributed by atoms with Crippen molar-refractivity contribution < 1.29 is 26.5 Å². The molecule has 36 valence electrons. The Morgan fingerprint density at radius 3 is 1.33 bits per heavy atom. The van der Waals surface area contributed by atoms with Crippen LogP contribution in [0.4, 0.5) is 0 Å². The zero-order chi connectivity index (χ0) is 3.58. The molecule has 0 aliphatic carbocycles. The van der Waals surface area contributed by atoms with Gasteiger partial charge in [0.05, 0.1) is 0 Å². The van der Waals surface area contributed by atoms with Crippen molar-refractivity contribution in [2.45, 2.75) is 13.8 Å². The van der Waals surface area contributed by atoms with Crippen LogP contribution in [0.25, 0.3) is 0 Å². The molecule has 6 heavy (non-hydrogen) atoms. The molecule has 0 aromatic carbocycles. The van der Waals surface area contributed by atoms with Crippen LogP contribution >= 0.6 is 0 Å². The van der Waals surface area contributed by atoms with Gasteiger partial charge in [-0.15, -0.1) is 0 Å². The summed E-state index contributed by atoms with van der Waals surface area (Å²) in [6.07, 6.45) is 0. The number of hydrogen-bond donors (Lipinski definition) is 1. The van der Waals surface area contributed by atoms with Gasteiger partial charge in [-0.1, -0.05) is 0 Å². The molecule has 0 fully saturated rings. The second-order valence-corrected chi connectivity index (χ2v) is 0.908. The maximum atomic E-state index is 9.44. The first-order chi connectivity index (χ1) is 1.73. The van der Waals surface area contributed by atoms with E-state index in [1.54, 1.807) is 0 Å². The summed E-state index contributed by atoms with van der Waals surface area (Å²) in [6, 6.07) is 0. The van der Waals surface area contributed by atoms with Crippen molar-refractivity contribution in [2.75, 3.05) is 0 Å². The van der Waals surface area contributed by atoms with Crippen LogP contribution < -0.4 is 6.15 Å². The summed E-state index contributed by atoms with van der Waals surface area (Å²) in [4.78, 5) is 9.44. The zero-order valence-electron chi connectivity index (χ0n) is 4.12. The van der Waals surface area contributed by atoms with E-state index in [1.807, 2.05) is 0 Å². The van der Waals surface area contributed by atoms with Crippen molar-refractivity contribution in [3.8, 4) is 0 Å². The summed E-state index contributed by atoms with van der Waals surface area (Å²) in [6.45, 7) is 3.06. The van der Waals surface area contributed by atoms with E-state index in [4.69, 9.17) is 0 Å². The summed E-state index contributed by atoms with van der Waals surface area (Å²) in [5, 5.41) is 0. The summed E-state index contributed by atoms with van der Waals surface area (Å²) in [7, 11) is 0. The number of carbonyl (C=O) groups is 1. The third-order valence-corrected chi connectivity index (χ3v) is 0. The van der Waals surface area contributed by atoms with Crippen LogP contribution in [0.5, 0.6) is 0 Å². The Morgan fingerprint density at radius 2 is 1.33 bits per heavy atom. The van der Waals surface area contributed by atoms with E-state index < -0.39 is 0 Å². The first-order valence-electron chi connectivity index (χ1n) is 1.20. The largest absolute Gasteiger partial charge is 0.344 e. The molecular weight excluding hydrogens is 114 g/mol. The fourth-order valence-corrected chi connectivity index (χ4v) is 0. The van der Waals surface area contributed by atoms with Gasteiger partial charge in [0.15, 0.2) is 0 Å². The van der Waals surface area contributed by atoms with Crippen LogP contribution in [-0.4, -0.2) is 5.78 Å². The predicted octanol–water partition coefficient (Wildman–Crippen LogP) is 0.755. The molecular formula is C3H9NOTi. The van der Waals surface area contributed by atoms with Gasteiger partial charge < -0.3 is 10.9 Å². The second kappa shape index (κ2) is 9.02. The first-order valence-corrected chi connectivity index (χ1v) is 1.20. The van der Waals surface area contributed by atoms with Gasteiger partial charge in [-0.2, -0.15) is 0 Å². The van der Waals surface area contributed by atoms with Crippen LogP contribution in [0.1, 0.15) is 13.8 Å². The van der Waals surface area contributed by atoms with Gasteiger partial charge in [-0.3, -0.25) is 0 Å². The number of hydrogen-bond acceptors (Lipinski definition) is 2. The van der Waals surface area contributed by atoms with E-state index in [0.29, 0.717) is 0 Å². The molecule has 0 bridgehead atoms. The van der Waals surface area contributed by atoms with Crippen LogP contribution in [0, 0.1) is 0 Å². The molecule has 0 aromatic rings. The van der Waals surface area contributed by atoms with Crippen molar-refractivity contribution in [1.29, 1.82) is 0 Å². The molecule has 0 unspecified atom stereocenters. The number of Topliss-reactive ketones (excluding diaryl/α,β-unsaturated/α-hetero) is 1. The molecule has 2 nitrogen and oxygen atoms in total. The fourth-order valence-electron chi connectivity index (χ4n) is 0. The molecule has 0 heterocycles. The number of ketones is 1. The van der Waals surface area contributed by atoms with Crippen LogP contribution in [0.15, 0.2) is 0 Å².